The van der Waals surface area contributed by atoms with E-state index < -0.39 is 0 Å². The maximum Gasteiger partial charge on any atom is 0.221 e. The highest BCUT2D eigenvalue weighted by atomic mass is 16.1. The highest BCUT2D eigenvalue weighted by Gasteiger charge is 1.99. The van der Waals surface area contributed by atoms with Crippen molar-refractivity contribution in [1.29, 1.82) is 0 Å². The van der Waals surface area contributed by atoms with E-state index in [2.05, 4.69) is 20.6 Å². The zero-order valence-electron chi connectivity index (χ0n) is 11.0. The Morgan fingerprint density at radius 1 is 1.26 bits per heavy atom. The van der Waals surface area contributed by atoms with Gasteiger partial charge in [0.15, 0.2) is 0 Å². The first-order valence-electron chi connectivity index (χ1n) is 6.03. The molecule has 0 aliphatic heterocycles. The second-order valence-corrected chi connectivity index (χ2v) is 4.21. The molecule has 2 aromatic rings. The number of carbonyl (C=O) groups is 1. The highest BCUT2D eigenvalue weighted by Crippen LogP contribution is 2.15. The van der Waals surface area contributed by atoms with Gasteiger partial charge in [0.2, 0.25) is 5.91 Å². The molecule has 0 saturated heterocycles. The fraction of sp³-hybridized carbons (Fsp3) is 0.214. The Morgan fingerprint density at radius 3 is 2.79 bits per heavy atom. The van der Waals surface area contributed by atoms with Gasteiger partial charge in [-0.25, -0.2) is 9.97 Å². The first-order chi connectivity index (χ1) is 9.13. The van der Waals surface area contributed by atoms with Crippen molar-refractivity contribution in [1.82, 2.24) is 9.97 Å². The Labute approximate surface area is 112 Å². The van der Waals surface area contributed by atoms with Crippen molar-refractivity contribution < 1.29 is 4.79 Å². The average molecular weight is 256 g/mol. The number of anilines is 2. The van der Waals surface area contributed by atoms with E-state index in [9.17, 15) is 4.79 Å². The molecule has 0 spiro atoms. The lowest BCUT2D eigenvalue weighted by Gasteiger charge is -2.08. The van der Waals surface area contributed by atoms with E-state index in [1.807, 2.05) is 37.3 Å². The number of nitrogens with one attached hydrogen (secondary N) is 2. The van der Waals surface area contributed by atoms with Gasteiger partial charge in [0, 0.05) is 24.5 Å². The minimum absolute atomic E-state index is 0.0800. The largest absolute Gasteiger partial charge is 0.379 e. The third-order valence-corrected chi connectivity index (χ3v) is 2.49. The second-order valence-electron chi connectivity index (χ2n) is 4.21. The molecular weight excluding hydrogens is 240 g/mol. The van der Waals surface area contributed by atoms with E-state index in [0.717, 1.165) is 22.9 Å². The normalized spacial score (nSPS) is 10.0. The van der Waals surface area contributed by atoms with Crippen LogP contribution in [0.15, 0.2) is 36.5 Å². The molecule has 0 aliphatic carbocycles. The second kappa shape index (κ2) is 5.95. The number of rotatable bonds is 4. The summed E-state index contributed by atoms with van der Waals surface area (Å²) in [7, 11) is 0. The molecule has 5 heteroatoms. The molecule has 0 unspecified atom stereocenters. The summed E-state index contributed by atoms with van der Waals surface area (Å²) < 4.78 is 0. The molecule has 1 heterocycles. The molecule has 5 nitrogen and oxygen atoms in total. The lowest BCUT2D eigenvalue weighted by molar-refractivity contribution is -0.114. The van der Waals surface area contributed by atoms with Crippen LogP contribution < -0.4 is 10.6 Å². The third-order valence-electron chi connectivity index (χ3n) is 2.49. The molecule has 19 heavy (non-hydrogen) atoms. The quantitative estimate of drug-likeness (QED) is 0.881. The highest BCUT2D eigenvalue weighted by molar-refractivity contribution is 5.89. The van der Waals surface area contributed by atoms with E-state index >= 15 is 0 Å². The Hall–Kier alpha value is -2.43. The van der Waals surface area contributed by atoms with Crippen LogP contribution in [0.5, 0.6) is 0 Å². The number of carbonyl (C=O) groups excluding carboxylic acids is 1. The molecule has 2 N–H and O–H groups in total. The minimum atomic E-state index is -0.0800. The van der Waals surface area contributed by atoms with Gasteiger partial charge < -0.3 is 10.6 Å². The lowest BCUT2D eigenvalue weighted by Crippen LogP contribution is -2.07. The lowest BCUT2D eigenvalue weighted by atomic mass is 10.2. The van der Waals surface area contributed by atoms with Crippen LogP contribution in [0.4, 0.5) is 11.4 Å². The monoisotopic (exact) mass is 256 g/mol. The molecule has 1 aromatic heterocycles. The molecule has 2 rings (SSSR count). The number of amides is 1. The van der Waals surface area contributed by atoms with Crippen LogP contribution >= 0.6 is 0 Å². The minimum Gasteiger partial charge on any atom is -0.379 e. The molecule has 0 atom stereocenters. The van der Waals surface area contributed by atoms with E-state index in [1.165, 1.54) is 6.92 Å². The van der Waals surface area contributed by atoms with Crippen molar-refractivity contribution in [2.24, 2.45) is 0 Å². The number of aromatic nitrogens is 2. The molecular formula is C14H16N4O. The molecule has 98 valence electrons. The van der Waals surface area contributed by atoms with Crippen molar-refractivity contribution in [3.8, 4) is 0 Å². The molecule has 0 aliphatic rings. The van der Waals surface area contributed by atoms with Crippen LogP contribution in [0.3, 0.4) is 0 Å². The van der Waals surface area contributed by atoms with Gasteiger partial charge >= 0.3 is 0 Å². The van der Waals surface area contributed by atoms with Crippen LogP contribution in [0.1, 0.15) is 18.4 Å². The Morgan fingerprint density at radius 2 is 2.05 bits per heavy atom. The van der Waals surface area contributed by atoms with E-state index in [4.69, 9.17) is 0 Å². The van der Waals surface area contributed by atoms with Gasteiger partial charge in [0.25, 0.3) is 0 Å². The van der Waals surface area contributed by atoms with Crippen molar-refractivity contribution in [2.75, 3.05) is 10.6 Å². The fourth-order valence-electron chi connectivity index (χ4n) is 1.71. The molecule has 0 fully saturated rings. The Bertz CT molecular complexity index is 583. The summed E-state index contributed by atoms with van der Waals surface area (Å²) in [4.78, 5) is 19.4. The van der Waals surface area contributed by atoms with Crippen molar-refractivity contribution >= 4 is 17.3 Å². The summed E-state index contributed by atoms with van der Waals surface area (Å²) >= 11 is 0. The summed E-state index contributed by atoms with van der Waals surface area (Å²) in [5, 5.41) is 6.01. The van der Waals surface area contributed by atoms with Crippen molar-refractivity contribution in [3.05, 3.63) is 48.0 Å². The molecule has 1 amide bonds. The van der Waals surface area contributed by atoms with Crippen molar-refractivity contribution in [3.63, 3.8) is 0 Å². The zero-order valence-corrected chi connectivity index (χ0v) is 11.0. The first kappa shape index (κ1) is 13.0. The van der Waals surface area contributed by atoms with Crippen LogP contribution in [0, 0.1) is 6.92 Å². The summed E-state index contributed by atoms with van der Waals surface area (Å²) in [6.07, 6.45) is 1.74. The number of hydrogen-bond acceptors (Lipinski definition) is 4. The van der Waals surface area contributed by atoms with Gasteiger partial charge in [-0.2, -0.15) is 0 Å². The summed E-state index contributed by atoms with van der Waals surface area (Å²) in [5.41, 5.74) is 2.64. The topological polar surface area (TPSA) is 66.9 Å². The summed E-state index contributed by atoms with van der Waals surface area (Å²) in [6, 6.07) is 9.44. The van der Waals surface area contributed by atoms with Crippen LogP contribution in [0.2, 0.25) is 0 Å². The number of benzene rings is 1. The predicted octanol–water partition coefficient (Wildman–Crippen LogP) is 2.36. The first-order valence-corrected chi connectivity index (χ1v) is 6.03. The summed E-state index contributed by atoms with van der Waals surface area (Å²) in [5.74, 6) is 0.676. The van der Waals surface area contributed by atoms with E-state index in [0.29, 0.717) is 6.54 Å². The van der Waals surface area contributed by atoms with Crippen molar-refractivity contribution in [2.45, 2.75) is 20.4 Å². The van der Waals surface area contributed by atoms with Gasteiger partial charge in [-0.1, -0.05) is 6.07 Å². The average Bonchev–Trinajstić information content (AvgIpc) is 2.36. The van der Waals surface area contributed by atoms with E-state index in [1.54, 1.807) is 6.20 Å². The molecule has 1 aromatic carbocycles. The molecule has 0 radical (unpaired) electrons. The molecule has 0 bridgehead atoms. The summed E-state index contributed by atoms with van der Waals surface area (Å²) in [6.45, 7) is 3.97. The number of aryl methyl sites for hydroxylation is 1. The molecule has 0 saturated carbocycles. The van der Waals surface area contributed by atoms with Gasteiger partial charge in [0.05, 0.1) is 12.2 Å². The number of hydrogen-bond donors (Lipinski definition) is 2. The van der Waals surface area contributed by atoms with Gasteiger partial charge in [-0.3, -0.25) is 4.79 Å². The Balaban J connectivity index is 2.01. The predicted molar refractivity (Wildman–Crippen MR) is 74.8 cm³/mol. The van der Waals surface area contributed by atoms with E-state index in [-0.39, 0.29) is 5.91 Å². The van der Waals surface area contributed by atoms with Gasteiger partial charge in [0.1, 0.15) is 5.82 Å². The zero-order chi connectivity index (χ0) is 13.7. The van der Waals surface area contributed by atoms with Gasteiger partial charge in [-0.15, -0.1) is 0 Å². The van der Waals surface area contributed by atoms with Crippen LogP contribution in [0.25, 0.3) is 0 Å². The van der Waals surface area contributed by atoms with Crippen LogP contribution in [-0.4, -0.2) is 15.9 Å². The fourth-order valence-corrected chi connectivity index (χ4v) is 1.71. The Kier molecular flexibility index (Phi) is 4.07. The smallest absolute Gasteiger partial charge is 0.221 e. The number of nitrogens with zero attached hydrogens (tertiary/aromatic N) is 2. The van der Waals surface area contributed by atoms with Crippen LogP contribution in [-0.2, 0) is 11.3 Å². The maximum absolute atomic E-state index is 11.0. The SMILES string of the molecule is CC(=O)Nc1cccc(NCc2ccnc(C)n2)c1. The van der Waals surface area contributed by atoms with Gasteiger partial charge in [-0.05, 0) is 31.2 Å². The maximum atomic E-state index is 11.0. The standard InChI is InChI=1S/C14H16N4O/c1-10-15-7-6-14(17-10)9-16-12-4-3-5-13(8-12)18-11(2)19/h3-8,16H,9H2,1-2H3,(H,18,19). The third kappa shape index (κ3) is 4.06.